The van der Waals surface area contributed by atoms with Gasteiger partial charge in [0.2, 0.25) is 0 Å². The van der Waals surface area contributed by atoms with Crippen LogP contribution in [0.4, 0.5) is 0 Å². The summed E-state index contributed by atoms with van der Waals surface area (Å²) in [5.41, 5.74) is 3.83. The lowest BCUT2D eigenvalue weighted by Crippen LogP contribution is -2.32. The largest absolute Gasteiger partial charge is 0.478 e. The van der Waals surface area contributed by atoms with Crippen LogP contribution in [-0.4, -0.2) is 29.1 Å². The molecule has 0 saturated carbocycles. The van der Waals surface area contributed by atoms with Crippen LogP contribution in [0, 0.1) is 0 Å². The Bertz CT molecular complexity index is 479. The zero-order chi connectivity index (χ0) is 13.1. The van der Waals surface area contributed by atoms with Gasteiger partial charge in [0.15, 0.2) is 0 Å². The van der Waals surface area contributed by atoms with E-state index in [4.69, 9.17) is 5.11 Å². The first-order chi connectivity index (χ1) is 8.58. The quantitative estimate of drug-likeness (QED) is 0.829. The lowest BCUT2D eigenvalue weighted by atomic mass is 9.94. The summed E-state index contributed by atoms with van der Waals surface area (Å²) in [6, 6.07) is 5.57. The van der Waals surface area contributed by atoms with Crippen LogP contribution >= 0.6 is 0 Å². The number of hydrogen-bond donors (Lipinski definition) is 1. The van der Waals surface area contributed by atoms with E-state index in [9.17, 15) is 4.79 Å². The monoisotopic (exact) mass is 245 g/mol. The van der Waals surface area contributed by atoms with Crippen LogP contribution in [-0.2, 0) is 13.0 Å². The molecule has 3 heteroatoms. The first-order valence-electron chi connectivity index (χ1n) is 6.28. The zero-order valence-corrected chi connectivity index (χ0v) is 10.8. The number of carbonyl (C=O) groups is 1. The highest BCUT2D eigenvalue weighted by Crippen LogP contribution is 2.23. The van der Waals surface area contributed by atoms with Crippen molar-refractivity contribution in [2.45, 2.75) is 26.3 Å². The van der Waals surface area contributed by atoms with Gasteiger partial charge in [-0.25, -0.2) is 4.79 Å². The summed E-state index contributed by atoms with van der Waals surface area (Å²) < 4.78 is 0. The second kappa shape index (κ2) is 5.36. The Hall–Kier alpha value is -1.61. The van der Waals surface area contributed by atoms with Crippen LogP contribution in [0.3, 0.4) is 0 Å². The summed E-state index contributed by atoms with van der Waals surface area (Å²) in [5, 5.41) is 9.16. The van der Waals surface area contributed by atoms with E-state index in [0.29, 0.717) is 5.56 Å². The summed E-state index contributed by atoms with van der Waals surface area (Å²) in [4.78, 5) is 13.5. The number of benzene rings is 1. The van der Waals surface area contributed by atoms with Gasteiger partial charge in [-0.05, 0) is 37.0 Å². The fourth-order valence-corrected chi connectivity index (χ4v) is 2.41. The van der Waals surface area contributed by atoms with Crippen LogP contribution in [0.1, 0.15) is 34.8 Å². The second-order valence-electron chi connectivity index (χ2n) is 4.98. The van der Waals surface area contributed by atoms with Gasteiger partial charge in [0.25, 0.3) is 0 Å². The molecule has 0 fully saturated rings. The van der Waals surface area contributed by atoms with E-state index in [-0.39, 0.29) is 0 Å². The number of carboxylic acids is 1. The highest BCUT2D eigenvalue weighted by Gasteiger charge is 2.20. The van der Waals surface area contributed by atoms with Crippen molar-refractivity contribution in [3.8, 4) is 0 Å². The maximum Gasteiger partial charge on any atom is 0.335 e. The molecule has 0 radical (unpaired) electrons. The normalized spacial score (nSPS) is 15.2. The lowest BCUT2D eigenvalue weighted by molar-refractivity contribution is 0.0694. The van der Waals surface area contributed by atoms with Gasteiger partial charge < -0.3 is 5.11 Å². The predicted octanol–water partition coefficient (Wildman–Crippen LogP) is 2.71. The average Bonchev–Trinajstić information content (AvgIpc) is 2.35. The molecule has 18 heavy (non-hydrogen) atoms. The van der Waals surface area contributed by atoms with Crippen molar-refractivity contribution in [2.24, 2.45) is 0 Å². The van der Waals surface area contributed by atoms with Gasteiger partial charge in [-0.15, -0.1) is 6.58 Å². The Morgan fingerprint density at radius 1 is 1.50 bits per heavy atom. The van der Waals surface area contributed by atoms with E-state index in [1.165, 1.54) is 5.57 Å². The number of carboxylic acid groups (broad SMARTS) is 1. The van der Waals surface area contributed by atoms with Crippen molar-refractivity contribution in [3.63, 3.8) is 0 Å². The van der Waals surface area contributed by atoms with Crippen molar-refractivity contribution in [1.29, 1.82) is 0 Å². The van der Waals surface area contributed by atoms with Gasteiger partial charge in [-0.1, -0.05) is 17.7 Å². The molecule has 1 N–H and O–H groups in total. The maximum absolute atomic E-state index is 11.1. The van der Waals surface area contributed by atoms with E-state index in [1.54, 1.807) is 6.07 Å². The molecule has 0 atom stereocenters. The molecule has 0 bridgehead atoms. The predicted molar refractivity (Wildman–Crippen MR) is 71.8 cm³/mol. The minimum Gasteiger partial charge on any atom is -0.478 e. The lowest BCUT2D eigenvalue weighted by Gasteiger charge is -2.29. The summed E-state index contributed by atoms with van der Waals surface area (Å²) in [5.74, 6) is -0.817. The number of fused-ring (bicyclic) bond motifs is 1. The molecule has 1 aliphatic heterocycles. The summed E-state index contributed by atoms with van der Waals surface area (Å²) in [6.07, 6.45) is 1.84. The van der Waals surface area contributed by atoms with Crippen LogP contribution in [0.5, 0.6) is 0 Å². The van der Waals surface area contributed by atoms with Crippen molar-refractivity contribution in [1.82, 2.24) is 4.90 Å². The van der Waals surface area contributed by atoms with E-state index < -0.39 is 5.97 Å². The average molecular weight is 245 g/mol. The third kappa shape index (κ3) is 2.79. The molecule has 1 heterocycles. The third-order valence-corrected chi connectivity index (χ3v) is 3.43. The minimum atomic E-state index is -0.817. The van der Waals surface area contributed by atoms with E-state index in [1.807, 2.05) is 19.1 Å². The van der Waals surface area contributed by atoms with E-state index >= 15 is 0 Å². The molecule has 0 spiro atoms. The van der Waals surface area contributed by atoms with Crippen LogP contribution in [0.25, 0.3) is 0 Å². The molecule has 2 rings (SSSR count). The Labute approximate surface area is 108 Å². The fraction of sp³-hybridized carbons (Fsp3) is 0.400. The molecule has 1 aromatic rings. The fourth-order valence-electron chi connectivity index (χ4n) is 2.41. The van der Waals surface area contributed by atoms with Crippen LogP contribution < -0.4 is 0 Å². The standard InChI is InChI=1S/C15H19NO2/c1-11(2)6-8-16-9-7-13-12(10-16)4-3-5-14(13)15(17)18/h3-5H,1,6-10H2,2H3,(H,17,18). The third-order valence-electron chi connectivity index (χ3n) is 3.43. The van der Waals surface area contributed by atoms with Crippen molar-refractivity contribution in [3.05, 3.63) is 47.0 Å². The van der Waals surface area contributed by atoms with Crippen molar-refractivity contribution >= 4 is 5.97 Å². The minimum absolute atomic E-state index is 0.465. The van der Waals surface area contributed by atoms with Gasteiger partial charge in [-0.2, -0.15) is 0 Å². The Kier molecular flexibility index (Phi) is 3.82. The van der Waals surface area contributed by atoms with Crippen LogP contribution in [0.2, 0.25) is 0 Å². The van der Waals surface area contributed by atoms with Crippen molar-refractivity contribution < 1.29 is 9.90 Å². The number of nitrogens with zero attached hydrogens (tertiary/aromatic N) is 1. The van der Waals surface area contributed by atoms with E-state index in [0.717, 1.165) is 43.6 Å². The molecule has 1 aromatic carbocycles. The van der Waals surface area contributed by atoms with Gasteiger partial charge in [0.05, 0.1) is 5.56 Å². The summed E-state index contributed by atoms with van der Waals surface area (Å²) in [6.45, 7) is 8.75. The molecule has 0 aliphatic carbocycles. The van der Waals surface area contributed by atoms with Gasteiger partial charge in [0, 0.05) is 19.6 Å². The molecule has 96 valence electrons. The molecule has 0 unspecified atom stereocenters. The van der Waals surface area contributed by atoms with Gasteiger partial charge >= 0.3 is 5.97 Å². The molecular weight excluding hydrogens is 226 g/mol. The first kappa shape index (κ1) is 12.8. The first-order valence-corrected chi connectivity index (χ1v) is 6.28. The summed E-state index contributed by atoms with van der Waals surface area (Å²) >= 11 is 0. The maximum atomic E-state index is 11.1. The second-order valence-corrected chi connectivity index (χ2v) is 4.98. The molecule has 0 amide bonds. The summed E-state index contributed by atoms with van der Waals surface area (Å²) in [7, 11) is 0. The SMILES string of the molecule is C=C(C)CCN1CCc2c(cccc2C(=O)O)C1. The molecular formula is C15H19NO2. The topological polar surface area (TPSA) is 40.5 Å². The molecule has 3 nitrogen and oxygen atoms in total. The highest BCUT2D eigenvalue weighted by molar-refractivity contribution is 5.89. The molecule has 0 saturated heterocycles. The molecule has 1 aliphatic rings. The number of hydrogen-bond acceptors (Lipinski definition) is 2. The zero-order valence-electron chi connectivity index (χ0n) is 10.8. The molecule has 0 aromatic heterocycles. The Morgan fingerprint density at radius 3 is 2.94 bits per heavy atom. The van der Waals surface area contributed by atoms with Gasteiger partial charge in [-0.3, -0.25) is 4.90 Å². The number of rotatable bonds is 4. The Balaban J connectivity index is 2.13. The highest BCUT2D eigenvalue weighted by atomic mass is 16.4. The van der Waals surface area contributed by atoms with Crippen molar-refractivity contribution in [2.75, 3.05) is 13.1 Å². The van der Waals surface area contributed by atoms with Gasteiger partial charge in [0.1, 0.15) is 0 Å². The smallest absolute Gasteiger partial charge is 0.335 e. The van der Waals surface area contributed by atoms with Crippen LogP contribution in [0.15, 0.2) is 30.4 Å². The number of aromatic carboxylic acids is 1. The van der Waals surface area contributed by atoms with E-state index in [2.05, 4.69) is 11.5 Å². The Morgan fingerprint density at radius 2 is 2.28 bits per heavy atom.